The molecule has 4 atom stereocenters. The van der Waals surface area contributed by atoms with Crippen molar-refractivity contribution < 1.29 is 14.3 Å². The summed E-state index contributed by atoms with van der Waals surface area (Å²) in [6.45, 7) is 2.47. The van der Waals surface area contributed by atoms with Gasteiger partial charge in [0.15, 0.2) is 11.5 Å². The van der Waals surface area contributed by atoms with Crippen LogP contribution in [0, 0.1) is 23.2 Å². The van der Waals surface area contributed by atoms with Crippen molar-refractivity contribution in [3.63, 3.8) is 0 Å². The predicted molar refractivity (Wildman–Crippen MR) is 115 cm³/mol. The average Bonchev–Trinajstić information content (AvgIpc) is 2.79. The highest BCUT2D eigenvalue weighted by Gasteiger charge is 2.45. The monoisotopic (exact) mass is 429 g/mol. The van der Waals surface area contributed by atoms with Crippen molar-refractivity contribution in [1.29, 1.82) is 5.26 Å². The quantitative estimate of drug-likeness (QED) is 0.430. The third kappa shape index (κ3) is 4.70. The molecule has 1 amide bonds. The molecule has 5 N–H and O–H groups in total. The summed E-state index contributed by atoms with van der Waals surface area (Å²) in [5, 5.41) is 19.7. The molecule has 1 aromatic rings. The maximum atomic E-state index is 12.7. The Balaban J connectivity index is 1.50. The zero-order chi connectivity index (χ0) is 21.8. The fourth-order valence-electron chi connectivity index (χ4n) is 4.70. The summed E-state index contributed by atoms with van der Waals surface area (Å²) in [6.07, 6.45) is 2.31. The van der Waals surface area contributed by atoms with Gasteiger partial charge in [0.1, 0.15) is 6.29 Å². The number of rotatable bonds is 6. The highest BCUT2D eigenvalue weighted by atomic mass is 16.5. The lowest BCUT2D eigenvalue weighted by molar-refractivity contribution is -0.132. The molecule has 4 rings (SSSR count). The second-order valence-electron chi connectivity index (χ2n) is 8.27. The Bertz CT molecular complexity index is 822. The molecule has 0 bridgehead atoms. The SMILES string of the molecule is COc1ccc(NC2NC(N3CCC(CC#N)CC3)NC3CNNC(=O)C32)cc1OC. The first-order valence-corrected chi connectivity index (χ1v) is 10.8. The van der Waals surface area contributed by atoms with Gasteiger partial charge in [0.05, 0.1) is 32.4 Å². The molecule has 31 heavy (non-hydrogen) atoms. The number of piperidine rings is 1. The number of nitrogens with one attached hydrogen (secondary N) is 5. The fraction of sp³-hybridized carbons (Fsp3) is 0.619. The van der Waals surface area contributed by atoms with Gasteiger partial charge in [0.2, 0.25) is 5.91 Å². The molecular weight excluding hydrogens is 398 g/mol. The van der Waals surface area contributed by atoms with Gasteiger partial charge in [-0.05, 0) is 30.9 Å². The minimum Gasteiger partial charge on any atom is -0.493 e. The highest BCUT2D eigenvalue weighted by molar-refractivity contribution is 5.81. The maximum absolute atomic E-state index is 12.7. The largest absolute Gasteiger partial charge is 0.493 e. The van der Waals surface area contributed by atoms with Gasteiger partial charge in [-0.1, -0.05) is 0 Å². The number of hydrazine groups is 1. The Morgan fingerprint density at radius 2 is 1.97 bits per heavy atom. The number of carbonyl (C=O) groups excluding carboxylic acids is 1. The molecule has 10 heteroatoms. The fourth-order valence-corrected chi connectivity index (χ4v) is 4.70. The maximum Gasteiger partial charge on any atom is 0.242 e. The van der Waals surface area contributed by atoms with Crippen molar-refractivity contribution in [2.45, 2.75) is 37.8 Å². The van der Waals surface area contributed by atoms with Gasteiger partial charge in [0, 0.05) is 43.9 Å². The van der Waals surface area contributed by atoms with Gasteiger partial charge >= 0.3 is 0 Å². The van der Waals surface area contributed by atoms with Crippen molar-refractivity contribution in [1.82, 2.24) is 26.4 Å². The van der Waals surface area contributed by atoms with E-state index < -0.39 is 0 Å². The van der Waals surface area contributed by atoms with E-state index in [2.05, 4.69) is 37.8 Å². The zero-order valence-corrected chi connectivity index (χ0v) is 18.0. The molecule has 3 fully saturated rings. The second-order valence-corrected chi connectivity index (χ2v) is 8.27. The van der Waals surface area contributed by atoms with E-state index >= 15 is 0 Å². The van der Waals surface area contributed by atoms with Crippen LogP contribution >= 0.6 is 0 Å². The molecule has 168 valence electrons. The second kappa shape index (κ2) is 9.70. The summed E-state index contributed by atoms with van der Waals surface area (Å²) in [4.78, 5) is 15.0. The molecule has 3 saturated heterocycles. The van der Waals surface area contributed by atoms with Gasteiger partial charge in [0.25, 0.3) is 0 Å². The minimum atomic E-state index is -0.290. The van der Waals surface area contributed by atoms with Gasteiger partial charge in [-0.25, -0.2) is 5.43 Å². The summed E-state index contributed by atoms with van der Waals surface area (Å²) >= 11 is 0. The van der Waals surface area contributed by atoms with E-state index in [4.69, 9.17) is 14.7 Å². The Labute approximate surface area is 182 Å². The van der Waals surface area contributed by atoms with Gasteiger partial charge in [-0.3, -0.25) is 25.8 Å². The van der Waals surface area contributed by atoms with Crippen LogP contribution in [0.4, 0.5) is 5.69 Å². The molecule has 1 aromatic carbocycles. The summed E-state index contributed by atoms with van der Waals surface area (Å²) in [5.41, 5.74) is 6.59. The lowest BCUT2D eigenvalue weighted by Crippen LogP contribution is -2.77. The van der Waals surface area contributed by atoms with E-state index in [0.29, 0.717) is 30.4 Å². The molecule has 0 aliphatic carbocycles. The number of carbonyl (C=O) groups is 1. The third-order valence-corrected chi connectivity index (χ3v) is 6.44. The molecule has 0 spiro atoms. The Hall–Kier alpha value is -2.58. The Kier molecular flexibility index (Phi) is 6.77. The number of ether oxygens (including phenoxy) is 2. The van der Waals surface area contributed by atoms with Crippen molar-refractivity contribution in [2.24, 2.45) is 11.8 Å². The van der Waals surface area contributed by atoms with Crippen LogP contribution in [-0.2, 0) is 4.79 Å². The highest BCUT2D eigenvalue weighted by Crippen LogP contribution is 2.31. The first-order chi connectivity index (χ1) is 15.1. The van der Waals surface area contributed by atoms with E-state index in [1.165, 1.54) is 0 Å². The normalized spacial score (nSPS) is 29.4. The molecule has 0 aromatic heterocycles. The van der Waals surface area contributed by atoms with Crippen LogP contribution in [0.1, 0.15) is 19.3 Å². The first-order valence-electron chi connectivity index (χ1n) is 10.8. The van der Waals surface area contributed by atoms with E-state index in [1.54, 1.807) is 14.2 Å². The molecule has 4 unspecified atom stereocenters. The van der Waals surface area contributed by atoms with E-state index in [1.807, 2.05) is 18.2 Å². The van der Waals surface area contributed by atoms with Crippen LogP contribution < -0.4 is 36.3 Å². The number of likely N-dealkylation sites (tertiary alicyclic amines) is 1. The van der Waals surface area contributed by atoms with Crippen molar-refractivity contribution >= 4 is 11.6 Å². The first kappa shape index (κ1) is 21.6. The van der Waals surface area contributed by atoms with E-state index in [-0.39, 0.29) is 30.3 Å². The van der Waals surface area contributed by atoms with Crippen LogP contribution in [0.2, 0.25) is 0 Å². The number of hydrogen-bond acceptors (Lipinski definition) is 9. The van der Waals surface area contributed by atoms with Crippen LogP contribution in [0.25, 0.3) is 0 Å². The topological polar surface area (TPSA) is 123 Å². The molecule has 3 aliphatic rings. The molecule has 3 aliphatic heterocycles. The molecule has 0 saturated carbocycles. The number of hydrogen-bond donors (Lipinski definition) is 5. The van der Waals surface area contributed by atoms with Crippen LogP contribution in [-0.4, -0.2) is 63.2 Å². The van der Waals surface area contributed by atoms with Crippen molar-refractivity contribution in [3.05, 3.63) is 18.2 Å². The van der Waals surface area contributed by atoms with Gasteiger partial charge < -0.3 is 14.8 Å². The number of fused-ring (bicyclic) bond motifs is 1. The predicted octanol–water partition coefficient (Wildman–Crippen LogP) is 0.163. The number of benzene rings is 1. The number of nitriles is 1. The van der Waals surface area contributed by atoms with Gasteiger partial charge in [-0.15, -0.1) is 0 Å². The number of methoxy groups -OCH3 is 2. The summed E-state index contributed by atoms with van der Waals surface area (Å²) in [5.74, 6) is 1.41. The Morgan fingerprint density at radius 1 is 1.19 bits per heavy atom. The minimum absolute atomic E-state index is 0.0190. The summed E-state index contributed by atoms with van der Waals surface area (Å²) < 4.78 is 10.8. The van der Waals surface area contributed by atoms with E-state index in [0.717, 1.165) is 31.6 Å². The van der Waals surface area contributed by atoms with Crippen molar-refractivity contribution in [2.75, 3.05) is 39.2 Å². The lowest BCUT2D eigenvalue weighted by Gasteiger charge is -2.49. The average molecular weight is 430 g/mol. The molecule has 0 radical (unpaired) electrons. The smallest absolute Gasteiger partial charge is 0.242 e. The number of anilines is 1. The zero-order valence-electron chi connectivity index (χ0n) is 18.0. The van der Waals surface area contributed by atoms with Gasteiger partial charge in [-0.2, -0.15) is 5.26 Å². The third-order valence-electron chi connectivity index (χ3n) is 6.44. The number of amides is 1. The van der Waals surface area contributed by atoms with Crippen LogP contribution in [0.5, 0.6) is 11.5 Å². The van der Waals surface area contributed by atoms with Crippen LogP contribution in [0.3, 0.4) is 0 Å². The summed E-state index contributed by atoms with van der Waals surface area (Å²) in [6, 6.07) is 7.91. The van der Waals surface area contributed by atoms with Crippen molar-refractivity contribution in [3.8, 4) is 17.6 Å². The standard InChI is InChI=1S/C21H31N7O3/c1-30-16-4-3-14(11-17(16)31-2)24-19-18-15(12-23-27-20(18)29)25-21(26-19)28-9-6-13(5-8-22)7-10-28/h3-4,11,13,15,18-19,21,23-26H,5-7,9-10,12H2,1-2H3,(H,27,29). The number of nitrogens with zero attached hydrogens (tertiary/aromatic N) is 2. The van der Waals surface area contributed by atoms with E-state index in [9.17, 15) is 4.79 Å². The lowest BCUT2D eigenvalue weighted by atomic mass is 9.90. The molecular formula is C21H31N7O3. The Morgan fingerprint density at radius 3 is 2.68 bits per heavy atom. The molecule has 10 nitrogen and oxygen atoms in total. The molecule has 3 heterocycles. The summed E-state index contributed by atoms with van der Waals surface area (Å²) in [7, 11) is 3.21. The van der Waals surface area contributed by atoms with Crippen LogP contribution in [0.15, 0.2) is 18.2 Å².